The molecule has 0 aliphatic heterocycles. The first-order valence-corrected chi connectivity index (χ1v) is 30.9. The summed E-state index contributed by atoms with van der Waals surface area (Å²) in [7, 11) is 15.0. The largest absolute Gasteiger partial charge is 0.493 e. The molecular weight excluding hydrogens is 1270 g/mol. The van der Waals surface area contributed by atoms with Crippen molar-refractivity contribution >= 4 is 41.0 Å². The smallest absolute Gasteiger partial charge is 0.253 e. The minimum atomic E-state index is -0.607. The van der Waals surface area contributed by atoms with Crippen LogP contribution in [0.15, 0.2) is 163 Å². The van der Waals surface area contributed by atoms with Gasteiger partial charge in [-0.2, -0.15) is 0 Å². The van der Waals surface area contributed by atoms with E-state index in [1.165, 1.54) is 44.9 Å². The van der Waals surface area contributed by atoms with Crippen LogP contribution in [0.5, 0.6) is 34.5 Å². The molecule has 2 N–H and O–H groups in total. The first-order chi connectivity index (χ1) is 45.4. The lowest BCUT2D eigenvalue weighted by Gasteiger charge is -2.17. The molecule has 0 saturated carbocycles. The van der Waals surface area contributed by atoms with E-state index in [-0.39, 0.29) is 80.2 Å². The molecule has 0 unspecified atom stereocenters. The summed E-state index contributed by atoms with van der Waals surface area (Å²) in [5, 5.41) is 0.335. The van der Waals surface area contributed by atoms with E-state index >= 15 is 0 Å². The lowest BCUT2D eigenvalue weighted by Crippen LogP contribution is -2.21. The van der Waals surface area contributed by atoms with Crippen LogP contribution in [0.3, 0.4) is 0 Å². The van der Waals surface area contributed by atoms with E-state index in [9.17, 15) is 50.3 Å². The molecule has 0 aliphatic carbocycles. The van der Waals surface area contributed by atoms with Crippen LogP contribution in [0.4, 0.5) is 26.3 Å². The molecule has 4 amide bonds. The van der Waals surface area contributed by atoms with Crippen molar-refractivity contribution in [2.75, 3.05) is 103 Å². The average Bonchev–Trinajstić information content (AvgIpc) is 2.82. The fraction of sp³-hybridized carbons (Fsp3) is 0.384. The molecule has 0 saturated heterocycles. The second-order valence-corrected chi connectivity index (χ2v) is 23.5. The van der Waals surface area contributed by atoms with Crippen molar-refractivity contribution in [2.24, 2.45) is 11.1 Å². The van der Waals surface area contributed by atoms with Gasteiger partial charge in [-0.25, -0.2) is 26.3 Å². The number of benzene rings is 5. The number of nitrogens with two attached hydrogens (primary N) is 1. The van der Waals surface area contributed by atoms with E-state index in [1.807, 2.05) is 41.5 Å². The maximum atomic E-state index is 13.9. The molecule has 526 valence electrons. The summed E-state index contributed by atoms with van der Waals surface area (Å²) < 4.78 is 108. The first-order valence-electron chi connectivity index (χ1n) is 30.6. The fourth-order valence-corrected chi connectivity index (χ4v) is 7.54. The molecule has 5 aromatic carbocycles. The number of hydrogen-bond acceptors (Lipinski definition) is 12. The molecular formula is C73H94ClF6N5O11. The number of nitrogens with zero attached hydrogens (tertiary/aromatic N) is 4. The molecule has 0 fully saturated rings. The second kappa shape index (κ2) is 45.4. The lowest BCUT2D eigenvalue weighted by molar-refractivity contribution is 0.0820. The highest BCUT2D eigenvalue weighted by Gasteiger charge is 2.20. The Hall–Kier alpha value is -9.02. The number of amides is 4. The summed E-state index contributed by atoms with van der Waals surface area (Å²) in [6, 6.07) is 27.3. The number of carbonyl (C=O) groups excluding carboxylic acids is 5. The number of hydrogen-bond donors (Lipinski definition) is 1. The minimum Gasteiger partial charge on any atom is -0.493 e. The topological polar surface area (TPSA) is 180 Å². The van der Waals surface area contributed by atoms with Gasteiger partial charge in [0.05, 0.1) is 43.8 Å². The SMILES string of the molecule is CC/C(=C/F)COc1ccc(C(=O)N(C)C)cc1Cl.CC/C(=C\F)COc1ccc(C(=O)CC(C)(C)C)cc1F.CC/C(=C\F)COc1ccc(C(=O)N(C)C)cc1.CCC(=CF)COc1ccc(C(=O)N(C)C)cc1OC.CN(C)C(=O)c1ccc(OC/C(=C\F)CN)cc1. The van der Waals surface area contributed by atoms with E-state index in [2.05, 4.69) is 0 Å². The Balaban J connectivity index is 0.000000601. The summed E-state index contributed by atoms with van der Waals surface area (Å²) in [6.07, 6.45) is 5.20. The summed E-state index contributed by atoms with van der Waals surface area (Å²) in [5.74, 6) is 1.49. The van der Waals surface area contributed by atoms with Gasteiger partial charge in [0.25, 0.3) is 23.6 Å². The monoisotopic (exact) mass is 1370 g/mol. The highest BCUT2D eigenvalue weighted by molar-refractivity contribution is 6.32. The Morgan fingerprint density at radius 2 is 0.740 bits per heavy atom. The van der Waals surface area contributed by atoms with Crippen molar-refractivity contribution in [1.82, 2.24) is 19.6 Å². The number of carbonyl (C=O) groups is 5. The molecule has 0 bridgehead atoms. The second-order valence-electron chi connectivity index (χ2n) is 23.1. The molecule has 23 heteroatoms. The maximum Gasteiger partial charge on any atom is 0.253 e. The zero-order valence-electron chi connectivity index (χ0n) is 58.0. The van der Waals surface area contributed by atoms with E-state index in [0.717, 1.165) is 0 Å². The third kappa shape index (κ3) is 31.5. The molecule has 0 aromatic heterocycles. The minimum absolute atomic E-state index is 0.000789. The van der Waals surface area contributed by atoms with Crippen LogP contribution < -0.4 is 34.2 Å². The summed E-state index contributed by atoms with van der Waals surface area (Å²) >= 11 is 6.04. The van der Waals surface area contributed by atoms with Crippen LogP contribution in [-0.2, 0) is 0 Å². The molecule has 0 aliphatic rings. The molecule has 5 aromatic rings. The fourth-order valence-electron chi connectivity index (χ4n) is 7.31. The quantitative estimate of drug-likeness (QED) is 0.0389. The lowest BCUT2D eigenvalue weighted by atomic mass is 9.88. The van der Waals surface area contributed by atoms with Gasteiger partial charge in [-0.3, -0.25) is 24.0 Å². The predicted molar refractivity (Wildman–Crippen MR) is 368 cm³/mol. The van der Waals surface area contributed by atoms with Crippen molar-refractivity contribution < 1.29 is 78.7 Å². The normalized spacial score (nSPS) is 11.5. The number of ketones is 1. The van der Waals surface area contributed by atoms with Gasteiger partial charge in [-0.15, -0.1) is 0 Å². The number of Topliss-reactive ketones (excluding diaryl/α,β-unsaturated/α-hetero) is 1. The number of rotatable bonds is 27. The standard InChI is InChI=1S/C17H22F2O2.C15H20FNO3.C14H17ClFNO2.C14H18FNO2.C13H17FN2O2/c1-5-12(10-18)11-21-16-7-6-13(8-14(16)19)15(20)9-17(2,3)4;1-5-11(9-16)10-20-13-7-6-12(8-14(13)19-4)15(18)17(2)3;1-4-10(8-16)9-19-13-6-5-11(7-12(13)15)14(18)17(2)3;1-4-11(9-15)10-18-13-7-5-12(6-8-13)14(17)16(2)3;1-16(2)13(17)11-3-5-12(6-4-11)18-9-10(7-14)8-15/h6-8,10H,5,9,11H2,1-4H3;6-9H,5,10H2,1-4H3;5-8H,4,9H2,1-3H3;5-9H,4,10H2,1-3H3;3-7H,8-9,15H2,1-2H3/b12-10+;;10-8-;11-9+;10-7-. The van der Waals surface area contributed by atoms with E-state index in [0.29, 0.717) is 153 Å². The number of ether oxygens (including phenoxy) is 6. The van der Waals surface area contributed by atoms with Gasteiger partial charge >= 0.3 is 0 Å². The molecule has 5 rings (SSSR count). The summed E-state index contributed by atoms with van der Waals surface area (Å²) in [6.45, 7) is 14.0. The van der Waals surface area contributed by atoms with Gasteiger partial charge in [0.2, 0.25) is 0 Å². The first kappa shape index (κ1) is 85.0. The van der Waals surface area contributed by atoms with E-state index < -0.39 is 5.82 Å². The number of halogens is 7. The van der Waals surface area contributed by atoms with Crippen molar-refractivity contribution in [3.8, 4) is 34.5 Å². The van der Waals surface area contributed by atoms with Crippen LogP contribution in [-0.4, -0.2) is 152 Å². The van der Waals surface area contributed by atoms with Crippen molar-refractivity contribution in [3.63, 3.8) is 0 Å². The Morgan fingerprint density at radius 1 is 0.427 bits per heavy atom. The summed E-state index contributed by atoms with van der Waals surface area (Å²) in [4.78, 5) is 64.8. The van der Waals surface area contributed by atoms with Crippen molar-refractivity contribution in [2.45, 2.75) is 80.6 Å². The third-order valence-corrected chi connectivity index (χ3v) is 13.6. The maximum absolute atomic E-state index is 13.9. The Labute approximate surface area is 567 Å². The van der Waals surface area contributed by atoms with Crippen LogP contribution in [0.1, 0.15) is 132 Å². The number of methoxy groups -OCH3 is 1. The van der Waals surface area contributed by atoms with Gasteiger partial charge in [-0.1, -0.05) is 60.1 Å². The average molecular weight is 1370 g/mol. The highest BCUT2D eigenvalue weighted by Crippen LogP contribution is 2.30. The third-order valence-electron chi connectivity index (χ3n) is 13.3. The van der Waals surface area contributed by atoms with Gasteiger partial charge in [0.1, 0.15) is 50.3 Å². The zero-order chi connectivity index (χ0) is 72.7. The van der Waals surface area contributed by atoms with Crippen molar-refractivity contribution in [1.29, 1.82) is 0 Å². The molecule has 0 radical (unpaired) electrons. The van der Waals surface area contributed by atoms with Crippen molar-refractivity contribution in [3.05, 3.63) is 201 Å². The highest BCUT2D eigenvalue weighted by atomic mass is 35.5. The molecule has 0 spiro atoms. The van der Waals surface area contributed by atoms with Crippen LogP contribution >= 0.6 is 11.6 Å². The van der Waals surface area contributed by atoms with Gasteiger partial charge in [-0.05, 0) is 157 Å². The van der Waals surface area contributed by atoms with Gasteiger partial charge in [0.15, 0.2) is 28.8 Å². The summed E-state index contributed by atoms with van der Waals surface area (Å²) in [5.41, 5.74) is 10.2. The predicted octanol–water partition coefficient (Wildman–Crippen LogP) is 16.4. The van der Waals surface area contributed by atoms with Crippen LogP contribution in [0.25, 0.3) is 0 Å². The van der Waals surface area contributed by atoms with E-state index in [1.54, 1.807) is 148 Å². The van der Waals surface area contributed by atoms with Gasteiger partial charge in [0, 0.05) is 103 Å². The molecule has 16 nitrogen and oxygen atoms in total. The van der Waals surface area contributed by atoms with Gasteiger partial charge < -0.3 is 53.8 Å². The Bertz CT molecular complexity index is 3320. The van der Waals surface area contributed by atoms with Crippen LogP contribution in [0, 0.1) is 11.2 Å². The molecule has 96 heavy (non-hydrogen) atoms. The zero-order valence-corrected chi connectivity index (χ0v) is 58.7. The Morgan fingerprint density at radius 3 is 1.07 bits per heavy atom. The molecule has 0 heterocycles. The Kier molecular flexibility index (Phi) is 40.2. The van der Waals surface area contributed by atoms with Crippen LogP contribution in [0.2, 0.25) is 5.02 Å². The molecule has 0 atom stereocenters. The van der Waals surface area contributed by atoms with E-state index in [4.69, 9.17) is 45.8 Å².